The summed E-state index contributed by atoms with van der Waals surface area (Å²) in [5.41, 5.74) is 2.76. The van der Waals surface area contributed by atoms with Crippen LogP contribution in [0.3, 0.4) is 0 Å². The molecular formula is C17H18ClN5. The lowest BCUT2D eigenvalue weighted by molar-refractivity contribution is 0.958. The number of benzene rings is 1. The van der Waals surface area contributed by atoms with Crippen molar-refractivity contribution in [3.8, 4) is 6.19 Å². The van der Waals surface area contributed by atoms with Gasteiger partial charge in [-0.05, 0) is 24.1 Å². The third kappa shape index (κ3) is 4.70. The zero-order valence-electron chi connectivity index (χ0n) is 13.1. The Morgan fingerprint density at radius 2 is 2.13 bits per heavy atom. The van der Waals surface area contributed by atoms with Gasteiger partial charge in [0.2, 0.25) is 0 Å². The fourth-order valence-corrected chi connectivity index (χ4v) is 2.28. The minimum atomic E-state index is 0.510. The zero-order valence-corrected chi connectivity index (χ0v) is 13.9. The highest BCUT2D eigenvalue weighted by atomic mass is 35.5. The van der Waals surface area contributed by atoms with Gasteiger partial charge in [-0.3, -0.25) is 15.3 Å². The minimum absolute atomic E-state index is 0.510. The van der Waals surface area contributed by atoms with Crippen LogP contribution in [-0.2, 0) is 6.42 Å². The van der Waals surface area contributed by atoms with E-state index < -0.39 is 0 Å². The number of amidine groups is 1. The SMILES string of the molecule is CN(C)c1cncc(C(=NCCc2ccccc2Cl)NC#N)c1. The molecule has 0 fully saturated rings. The predicted octanol–water partition coefficient (Wildman–Crippen LogP) is 2.86. The van der Waals surface area contributed by atoms with Crippen molar-refractivity contribution >= 4 is 23.1 Å². The number of halogens is 1. The number of hydrogen-bond donors (Lipinski definition) is 1. The molecule has 5 nitrogen and oxygen atoms in total. The molecule has 0 aliphatic carbocycles. The minimum Gasteiger partial charge on any atom is -0.376 e. The highest BCUT2D eigenvalue weighted by molar-refractivity contribution is 6.31. The van der Waals surface area contributed by atoms with Crippen molar-refractivity contribution in [3.05, 3.63) is 58.9 Å². The summed E-state index contributed by atoms with van der Waals surface area (Å²) in [5, 5.41) is 12.3. The number of nitrogens with one attached hydrogen (secondary N) is 1. The van der Waals surface area contributed by atoms with E-state index in [4.69, 9.17) is 16.9 Å². The molecule has 0 saturated heterocycles. The van der Waals surface area contributed by atoms with Crippen LogP contribution < -0.4 is 10.2 Å². The van der Waals surface area contributed by atoms with Crippen molar-refractivity contribution in [1.82, 2.24) is 10.3 Å². The van der Waals surface area contributed by atoms with Crippen molar-refractivity contribution < 1.29 is 0 Å². The molecule has 2 rings (SSSR count). The summed E-state index contributed by atoms with van der Waals surface area (Å²) in [6.07, 6.45) is 6.08. The summed E-state index contributed by atoms with van der Waals surface area (Å²) in [6, 6.07) is 9.62. The van der Waals surface area contributed by atoms with Crippen molar-refractivity contribution in [1.29, 1.82) is 5.26 Å². The highest BCUT2D eigenvalue weighted by Gasteiger charge is 2.06. The Balaban J connectivity index is 2.16. The van der Waals surface area contributed by atoms with E-state index in [1.807, 2.05) is 55.5 Å². The Kier molecular flexibility index (Phi) is 5.95. The lowest BCUT2D eigenvalue weighted by Gasteiger charge is -2.13. The number of aromatic nitrogens is 1. The molecular weight excluding hydrogens is 310 g/mol. The Bertz CT molecular complexity index is 734. The first kappa shape index (κ1) is 16.8. The van der Waals surface area contributed by atoms with E-state index in [1.54, 1.807) is 12.4 Å². The van der Waals surface area contributed by atoms with E-state index in [2.05, 4.69) is 15.3 Å². The van der Waals surface area contributed by atoms with Crippen LogP contribution in [0.5, 0.6) is 0 Å². The summed E-state index contributed by atoms with van der Waals surface area (Å²) >= 11 is 6.14. The highest BCUT2D eigenvalue weighted by Crippen LogP contribution is 2.16. The van der Waals surface area contributed by atoms with Crippen LogP contribution in [0.1, 0.15) is 11.1 Å². The summed E-state index contributed by atoms with van der Waals surface area (Å²) in [4.78, 5) is 10.6. The first-order valence-electron chi connectivity index (χ1n) is 7.17. The number of nitrogens with zero attached hydrogens (tertiary/aromatic N) is 4. The predicted molar refractivity (Wildman–Crippen MR) is 93.9 cm³/mol. The fraction of sp³-hybridized carbons (Fsp3) is 0.235. The molecule has 0 aliphatic heterocycles. The van der Waals surface area contributed by atoms with Crippen molar-refractivity contribution in [3.63, 3.8) is 0 Å². The van der Waals surface area contributed by atoms with E-state index in [-0.39, 0.29) is 0 Å². The van der Waals surface area contributed by atoms with Crippen LogP contribution in [0.25, 0.3) is 0 Å². The maximum atomic E-state index is 8.94. The van der Waals surface area contributed by atoms with Gasteiger partial charge in [-0.25, -0.2) is 0 Å². The standard InChI is InChI=1S/C17H18ClN5/c1-23(2)15-9-14(10-20-11-15)17(22-12-19)21-8-7-13-5-3-4-6-16(13)18/h3-6,9-11H,7-8H2,1-2H3,(H,21,22). The Morgan fingerprint density at radius 1 is 1.35 bits per heavy atom. The maximum Gasteiger partial charge on any atom is 0.182 e. The fourth-order valence-electron chi connectivity index (χ4n) is 2.05. The van der Waals surface area contributed by atoms with Gasteiger partial charge >= 0.3 is 0 Å². The van der Waals surface area contributed by atoms with Gasteiger partial charge in [0.15, 0.2) is 6.19 Å². The topological polar surface area (TPSA) is 64.3 Å². The van der Waals surface area contributed by atoms with E-state index >= 15 is 0 Å². The molecule has 0 saturated carbocycles. The van der Waals surface area contributed by atoms with Gasteiger partial charge in [-0.2, -0.15) is 5.26 Å². The Labute approximate surface area is 141 Å². The number of nitriles is 1. The van der Waals surface area contributed by atoms with Gasteiger partial charge in [0, 0.05) is 37.4 Å². The summed E-state index contributed by atoms with van der Waals surface area (Å²) in [7, 11) is 3.87. The molecule has 0 aliphatic rings. The van der Waals surface area contributed by atoms with Gasteiger partial charge in [0.25, 0.3) is 0 Å². The third-order valence-electron chi connectivity index (χ3n) is 3.30. The third-order valence-corrected chi connectivity index (χ3v) is 3.67. The largest absolute Gasteiger partial charge is 0.376 e. The van der Waals surface area contributed by atoms with Crippen LogP contribution >= 0.6 is 11.6 Å². The van der Waals surface area contributed by atoms with E-state index in [9.17, 15) is 0 Å². The van der Waals surface area contributed by atoms with E-state index in [0.717, 1.165) is 21.8 Å². The zero-order chi connectivity index (χ0) is 16.7. The molecule has 6 heteroatoms. The summed E-state index contributed by atoms with van der Waals surface area (Å²) < 4.78 is 0. The molecule has 118 valence electrons. The molecule has 0 bridgehead atoms. The molecule has 23 heavy (non-hydrogen) atoms. The van der Waals surface area contributed by atoms with Gasteiger partial charge in [0.1, 0.15) is 5.84 Å². The summed E-state index contributed by atoms with van der Waals surface area (Å²) in [6.45, 7) is 0.528. The van der Waals surface area contributed by atoms with Crippen LogP contribution in [0, 0.1) is 11.5 Å². The maximum absolute atomic E-state index is 8.94. The smallest absolute Gasteiger partial charge is 0.182 e. The van der Waals surface area contributed by atoms with Crippen LogP contribution in [-0.4, -0.2) is 31.5 Å². The summed E-state index contributed by atoms with van der Waals surface area (Å²) in [5.74, 6) is 0.510. The number of pyridine rings is 1. The molecule has 2 aromatic rings. The second-order valence-corrected chi connectivity index (χ2v) is 5.54. The van der Waals surface area contributed by atoms with E-state index in [1.165, 1.54) is 0 Å². The molecule has 0 amide bonds. The lowest BCUT2D eigenvalue weighted by Crippen LogP contribution is -2.21. The first-order valence-corrected chi connectivity index (χ1v) is 7.55. The average Bonchev–Trinajstić information content (AvgIpc) is 2.56. The molecule has 0 radical (unpaired) electrons. The van der Waals surface area contributed by atoms with Gasteiger partial charge in [-0.15, -0.1) is 0 Å². The molecule has 1 N–H and O–H groups in total. The van der Waals surface area contributed by atoms with Crippen LogP contribution in [0.15, 0.2) is 47.7 Å². The van der Waals surface area contributed by atoms with Crippen molar-refractivity contribution in [2.24, 2.45) is 4.99 Å². The first-order chi connectivity index (χ1) is 11.1. The average molecular weight is 328 g/mol. The van der Waals surface area contributed by atoms with E-state index in [0.29, 0.717) is 18.8 Å². The normalized spacial score (nSPS) is 11.0. The quantitative estimate of drug-likeness (QED) is 0.397. The molecule has 0 atom stereocenters. The van der Waals surface area contributed by atoms with Gasteiger partial charge in [-0.1, -0.05) is 29.8 Å². The molecule has 1 aromatic heterocycles. The molecule has 1 heterocycles. The monoisotopic (exact) mass is 327 g/mol. The van der Waals surface area contributed by atoms with Crippen molar-refractivity contribution in [2.45, 2.75) is 6.42 Å². The molecule has 0 unspecified atom stereocenters. The molecule has 1 aromatic carbocycles. The number of hydrogen-bond acceptors (Lipinski definition) is 4. The van der Waals surface area contributed by atoms with Crippen LogP contribution in [0.2, 0.25) is 5.02 Å². The molecule has 0 spiro atoms. The number of rotatable bonds is 5. The second kappa shape index (κ2) is 8.16. The second-order valence-electron chi connectivity index (χ2n) is 5.13. The number of anilines is 1. The van der Waals surface area contributed by atoms with Gasteiger partial charge in [0.05, 0.1) is 11.9 Å². The lowest BCUT2D eigenvalue weighted by atomic mass is 10.1. The Morgan fingerprint density at radius 3 is 2.83 bits per heavy atom. The number of aliphatic imine (C=N–C) groups is 1. The van der Waals surface area contributed by atoms with Gasteiger partial charge < -0.3 is 4.90 Å². The van der Waals surface area contributed by atoms with Crippen LogP contribution in [0.4, 0.5) is 5.69 Å². The Hall–Kier alpha value is -2.58. The van der Waals surface area contributed by atoms with Crippen molar-refractivity contribution in [2.75, 3.05) is 25.5 Å².